The molecular weight excluding hydrogens is 431 g/mol. The van der Waals surface area contributed by atoms with E-state index in [1.807, 2.05) is 25.1 Å². The zero-order valence-electron chi connectivity index (χ0n) is 11.7. The van der Waals surface area contributed by atoms with Gasteiger partial charge in [0, 0.05) is 3.57 Å². The monoisotopic (exact) mass is 450 g/mol. The summed E-state index contributed by atoms with van der Waals surface area (Å²) in [6.45, 7) is 2.00. The molecule has 0 saturated heterocycles. The minimum atomic E-state index is -0.187. The van der Waals surface area contributed by atoms with Crippen LogP contribution in [0.5, 0.6) is 0 Å². The number of aryl methyl sites for hydroxylation is 1. The second-order valence-electron chi connectivity index (χ2n) is 5.43. The van der Waals surface area contributed by atoms with Gasteiger partial charge in [-0.2, -0.15) is 0 Å². The van der Waals surface area contributed by atoms with E-state index in [1.165, 1.54) is 19.3 Å². The predicted octanol–water partition coefficient (Wildman–Crippen LogP) is 5.24. The Morgan fingerprint density at radius 1 is 1.25 bits per heavy atom. The largest absolute Gasteiger partial charge is 0.458 e. The van der Waals surface area contributed by atoms with Gasteiger partial charge in [-0.05, 0) is 60.9 Å². The van der Waals surface area contributed by atoms with Gasteiger partial charge >= 0.3 is 5.97 Å². The van der Waals surface area contributed by atoms with Crippen LogP contribution in [0.3, 0.4) is 0 Å². The first-order valence-electron chi connectivity index (χ1n) is 7.19. The maximum atomic E-state index is 12.4. The third-order valence-corrected chi connectivity index (χ3v) is 5.71. The zero-order chi connectivity index (χ0) is 14.5. The van der Waals surface area contributed by atoms with Gasteiger partial charge in [0.15, 0.2) is 0 Å². The highest BCUT2D eigenvalue weighted by molar-refractivity contribution is 14.1. The maximum absolute atomic E-state index is 12.4. The first-order chi connectivity index (χ1) is 9.58. The fourth-order valence-corrected chi connectivity index (χ4v) is 3.79. The Morgan fingerprint density at radius 3 is 2.70 bits per heavy atom. The van der Waals surface area contributed by atoms with Crippen molar-refractivity contribution in [2.24, 2.45) is 0 Å². The molecule has 0 radical (unpaired) electrons. The Labute approximate surface area is 142 Å². The molecule has 0 aromatic heterocycles. The number of benzene rings is 1. The van der Waals surface area contributed by atoms with Gasteiger partial charge in [0.25, 0.3) is 0 Å². The van der Waals surface area contributed by atoms with Crippen molar-refractivity contribution in [2.75, 3.05) is 0 Å². The Bertz CT molecular complexity index is 476. The molecule has 110 valence electrons. The number of alkyl halides is 1. The third-order valence-electron chi connectivity index (χ3n) is 3.72. The fraction of sp³-hybridized carbons (Fsp3) is 0.562. The van der Waals surface area contributed by atoms with Crippen molar-refractivity contribution in [3.05, 3.63) is 32.9 Å². The Morgan fingerprint density at radius 2 is 1.95 bits per heavy atom. The molecule has 0 heterocycles. The summed E-state index contributed by atoms with van der Waals surface area (Å²) in [5.74, 6) is -0.187. The van der Waals surface area contributed by atoms with Crippen LogP contribution in [0.4, 0.5) is 0 Å². The lowest BCUT2D eigenvalue weighted by Gasteiger charge is -2.25. The molecule has 2 rings (SSSR count). The number of rotatable bonds is 2. The third kappa shape index (κ3) is 4.45. The molecule has 1 fully saturated rings. The number of esters is 1. The summed E-state index contributed by atoms with van der Waals surface area (Å²) < 4.78 is 6.72. The van der Waals surface area contributed by atoms with Crippen LogP contribution in [0.1, 0.15) is 54.4 Å². The molecule has 0 bridgehead atoms. The lowest BCUT2D eigenvalue weighted by molar-refractivity contribution is 0.0259. The molecule has 0 amide bonds. The highest BCUT2D eigenvalue weighted by atomic mass is 127. The average Bonchev–Trinajstić information content (AvgIpc) is 2.41. The maximum Gasteiger partial charge on any atom is 0.339 e. The Balaban J connectivity index is 2.07. The van der Waals surface area contributed by atoms with Crippen molar-refractivity contribution < 1.29 is 9.53 Å². The van der Waals surface area contributed by atoms with Gasteiger partial charge < -0.3 is 4.74 Å². The second-order valence-corrected chi connectivity index (χ2v) is 7.77. The molecule has 0 unspecified atom stereocenters. The van der Waals surface area contributed by atoms with Crippen molar-refractivity contribution in [3.8, 4) is 0 Å². The van der Waals surface area contributed by atoms with Crippen LogP contribution >= 0.6 is 38.5 Å². The van der Waals surface area contributed by atoms with E-state index in [1.54, 1.807) is 0 Å². The highest BCUT2D eigenvalue weighted by Gasteiger charge is 2.25. The topological polar surface area (TPSA) is 26.3 Å². The van der Waals surface area contributed by atoms with Crippen LogP contribution in [-0.2, 0) is 4.74 Å². The summed E-state index contributed by atoms with van der Waals surface area (Å²) in [6.07, 6.45) is 6.94. The van der Waals surface area contributed by atoms with Crippen LogP contribution in [-0.4, -0.2) is 16.9 Å². The van der Waals surface area contributed by atoms with Crippen LogP contribution in [0.15, 0.2) is 18.2 Å². The average molecular weight is 451 g/mol. The lowest BCUT2D eigenvalue weighted by atomic mass is 9.98. The number of carbonyl (C=O) groups is 1. The quantitative estimate of drug-likeness (QED) is 0.349. The molecule has 1 aliphatic rings. The van der Waals surface area contributed by atoms with Crippen LogP contribution in [0, 0.1) is 10.5 Å². The molecule has 2 nitrogen and oxygen atoms in total. The minimum Gasteiger partial charge on any atom is -0.458 e. The molecule has 0 aliphatic heterocycles. The normalized spacial score (nSPS) is 23.8. The molecule has 2 atom stereocenters. The van der Waals surface area contributed by atoms with E-state index in [-0.39, 0.29) is 16.9 Å². The van der Waals surface area contributed by atoms with E-state index >= 15 is 0 Å². The van der Waals surface area contributed by atoms with Crippen molar-refractivity contribution in [2.45, 2.75) is 56.4 Å². The van der Waals surface area contributed by atoms with Crippen molar-refractivity contribution in [1.82, 2.24) is 0 Å². The van der Waals surface area contributed by atoms with E-state index in [9.17, 15) is 4.79 Å². The second kappa shape index (κ2) is 7.78. The Hall–Kier alpha value is -0.100. The molecule has 0 N–H and O–H groups in total. The van der Waals surface area contributed by atoms with Crippen LogP contribution in [0.2, 0.25) is 0 Å². The summed E-state index contributed by atoms with van der Waals surface area (Å²) in [5.41, 5.74) is 1.78. The summed E-state index contributed by atoms with van der Waals surface area (Å²) in [7, 11) is 0. The van der Waals surface area contributed by atoms with E-state index in [0.717, 1.165) is 28.4 Å². The van der Waals surface area contributed by atoms with Gasteiger partial charge in [0.05, 0.1) is 10.4 Å². The SMILES string of the molecule is Cc1ccc(I)c(C(=O)O[C@@H]2CCCCCC[C@H]2Br)c1. The van der Waals surface area contributed by atoms with Crippen molar-refractivity contribution in [3.63, 3.8) is 0 Å². The summed E-state index contributed by atoms with van der Waals surface area (Å²) in [4.78, 5) is 12.7. The molecule has 1 aliphatic carbocycles. The number of hydrogen-bond acceptors (Lipinski definition) is 2. The van der Waals surface area contributed by atoms with E-state index in [4.69, 9.17) is 4.74 Å². The number of ether oxygens (including phenoxy) is 1. The molecule has 4 heteroatoms. The minimum absolute atomic E-state index is 0.000822. The zero-order valence-corrected chi connectivity index (χ0v) is 15.4. The van der Waals surface area contributed by atoms with E-state index in [0.29, 0.717) is 5.56 Å². The smallest absolute Gasteiger partial charge is 0.339 e. The number of carbonyl (C=O) groups excluding carboxylic acids is 1. The molecular formula is C16H20BrIO2. The van der Waals surface area contributed by atoms with Crippen LogP contribution in [0.25, 0.3) is 0 Å². The summed E-state index contributed by atoms with van der Waals surface area (Å²) >= 11 is 5.89. The lowest BCUT2D eigenvalue weighted by Crippen LogP contribution is -2.28. The van der Waals surface area contributed by atoms with Gasteiger partial charge in [0.2, 0.25) is 0 Å². The van der Waals surface area contributed by atoms with E-state index in [2.05, 4.69) is 38.5 Å². The molecule has 1 saturated carbocycles. The van der Waals surface area contributed by atoms with Gasteiger partial charge in [-0.15, -0.1) is 0 Å². The van der Waals surface area contributed by atoms with Crippen LogP contribution < -0.4 is 0 Å². The van der Waals surface area contributed by atoms with E-state index < -0.39 is 0 Å². The molecule has 1 aromatic carbocycles. The summed E-state index contributed by atoms with van der Waals surface area (Å²) in [6, 6.07) is 5.90. The Kier molecular flexibility index (Phi) is 6.33. The van der Waals surface area contributed by atoms with Gasteiger partial charge in [-0.1, -0.05) is 46.8 Å². The molecule has 1 aromatic rings. The van der Waals surface area contributed by atoms with Gasteiger partial charge in [-0.3, -0.25) is 0 Å². The molecule has 0 spiro atoms. The highest BCUT2D eigenvalue weighted by Crippen LogP contribution is 2.26. The molecule has 20 heavy (non-hydrogen) atoms. The number of halogens is 2. The van der Waals surface area contributed by atoms with Crippen molar-refractivity contribution >= 4 is 44.5 Å². The predicted molar refractivity (Wildman–Crippen MR) is 93.5 cm³/mol. The standard InChI is InChI=1S/C16H20BrIO2/c1-11-8-9-14(18)12(10-11)16(19)20-15-7-5-3-2-4-6-13(15)17/h8-10,13,15H,2-7H2,1H3/t13-,15-/m1/s1. The van der Waals surface area contributed by atoms with Gasteiger partial charge in [0.1, 0.15) is 6.10 Å². The number of hydrogen-bond donors (Lipinski definition) is 0. The first kappa shape index (κ1) is 16.3. The fourth-order valence-electron chi connectivity index (χ4n) is 2.53. The van der Waals surface area contributed by atoms with Crippen molar-refractivity contribution in [1.29, 1.82) is 0 Å². The summed E-state index contributed by atoms with van der Waals surface area (Å²) in [5, 5.41) is 0. The van der Waals surface area contributed by atoms with Gasteiger partial charge in [-0.25, -0.2) is 4.79 Å². The first-order valence-corrected chi connectivity index (χ1v) is 9.18.